The summed E-state index contributed by atoms with van der Waals surface area (Å²) in [5.41, 5.74) is 1.62. The second kappa shape index (κ2) is 8.82. The quantitative estimate of drug-likeness (QED) is 0.820. The number of likely N-dealkylation sites (N-methyl/N-ethyl adjacent to an activating group) is 1. The first kappa shape index (κ1) is 18.4. The molecule has 0 bridgehead atoms. The number of carbonyl (C=O) groups excluding carboxylic acids is 2. The third-order valence-corrected chi connectivity index (χ3v) is 3.51. The molecule has 132 valence electrons. The summed E-state index contributed by atoms with van der Waals surface area (Å²) in [6, 6.07) is 10.7. The monoisotopic (exact) mass is 341 g/mol. The van der Waals surface area contributed by atoms with E-state index in [-0.39, 0.29) is 6.10 Å². The molecule has 0 radical (unpaired) electrons. The van der Waals surface area contributed by atoms with Gasteiger partial charge in [0.2, 0.25) is 0 Å². The Bertz CT molecular complexity index is 700. The van der Waals surface area contributed by atoms with Gasteiger partial charge >= 0.3 is 11.8 Å². The molecule has 1 N–H and O–H groups in total. The van der Waals surface area contributed by atoms with Crippen molar-refractivity contribution in [2.24, 2.45) is 0 Å². The molecule has 0 spiro atoms. The zero-order valence-corrected chi connectivity index (χ0v) is 14.7. The number of amides is 2. The van der Waals surface area contributed by atoms with Crippen LogP contribution < -0.4 is 10.1 Å². The molecule has 0 unspecified atom stereocenters. The molecule has 0 fully saturated rings. The molecular formula is C19H23N3O3. The highest BCUT2D eigenvalue weighted by atomic mass is 16.5. The molecule has 6 nitrogen and oxygen atoms in total. The van der Waals surface area contributed by atoms with Gasteiger partial charge in [-0.25, -0.2) is 0 Å². The minimum Gasteiger partial charge on any atom is -0.491 e. The number of hydrogen-bond acceptors (Lipinski definition) is 4. The van der Waals surface area contributed by atoms with Gasteiger partial charge in [-0.15, -0.1) is 0 Å². The summed E-state index contributed by atoms with van der Waals surface area (Å²) in [6.45, 7) is 4.34. The van der Waals surface area contributed by atoms with Crippen molar-refractivity contribution in [1.29, 1.82) is 0 Å². The first-order chi connectivity index (χ1) is 12.0. The molecule has 0 aliphatic heterocycles. The van der Waals surface area contributed by atoms with Crippen LogP contribution in [0.2, 0.25) is 0 Å². The third-order valence-electron chi connectivity index (χ3n) is 3.51. The van der Waals surface area contributed by atoms with E-state index in [4.69, 9.17) is 4.74 Å². The molecule has 6 heteroatoms. The highest BCUT2D eigenvalue weighted by Gasteiger charge is 2.18. The zero-order valence-electron chi connectivity index (χ0n) is 14.7. The van der Waals surface area contributed by atoms with Crippen molar-refractivity contribution in [3.63, 3.8) is 0 Å². The summed E-state index contributed by atoms with van der Waals surface area (Å²) < 4.78 is 5.54. The van der Waals surface area contributed by atoms with E-state index in [1.165, 1.54) is 4.90 Å². The number of nitrogens with zero attached hydrogens (tertiary/aromatic N) is 2. The molecule has 0 atom stereocenters. The largest absolute Gasteiger partial charge is 0.491 e. The Morgan fingerprint density at radius 3 is 2.36 bits per heavy atom. The van der Waals surface area contributed by atoms with Gasteiger partial charge in [-0.1, -0.05) is 0 Å². The van der Waals surface area contributed by atoms with E-state index >= 15 is 0 Å². The Balaban J connectivity index is 1.85. The summed E-state index contributed by atoms with van der Waals surface area (Å²) in [7, 11) is 1.61. The second-order valence-corrected chi connectivity index (χ2v) is 5.98. The number of carbonyl (C=O) groups is 2. The Morgan fingerprint density at radius 2 is 1.76 bits per heavy atom. The first-order valence-electron chi connectivity index (χ1n) is 8.18. The lowest BCUT2D eigenvalue weighted by Crippen LogP contribution is -2.38. The van der Waals surface area contributed by atoms with Crippen LogP contribution in [0, 0.1) is 0 Å². The second-order valence-electron chi connectivity index (χ2n) is 5.98. The van der Waals surface area contributed by atoms with Crippen LogP contribution in [0.15, 0.2) is 48.8 Å². The number of ether oxygens (including phenoxy) is 1. The van der Waals surface area contributed by atoms with Gasteiger partial charge in [0.05, 0.1) is 6.10 Å². The fraction of sp³-hybridized carbons (Fsp3) is 0.316. The Kier molecular flexibility index (Phi) is 6.51. The normalized spacial score (nSPS) is 10.4. The summed E-state index contributed by atoms with van der Waals surface area (Å²) in [5, 5.41) is 2.61. The molecule has 0 aliphatic rings. The molecule has 0 saturated carbocycles. The van der Waals surface area contributed by atoms with Crippen LogP contribution in [-0.4, -0.2) is 41.4 Å². The highest BCUT2D eigenvalue weighted by molar-refractivity contribution is 6.39. The van der Waals surface area contributed by atoms with Crippen molar-refractivity contribution in [2.45, 2.75) is 26.4 Å². The van der Waals surface area contributed by atoms with Crippen LogP contribution in [0.1, 0.15) is 19.4 Å². The van der Waals surface area contributed by atoms with E-state index in [1.54, 1.807) is 43.7 Å². The standard InChI is InChI=1S/C19H23N3O3/c1-14(2)25-17-6-4-16(5-7-17)21-18(23)19(24)22(3)13-10-15-8-11-20-12-9-15/h4-9,11-12,14H,10,13H2,1-3H3,(H,21,23). The predicted octanol–water partition coefficient (Wildman–Crippen LogP) is 2.51. The molecule has 1 aromatic carbocycles. The number of rotatable bonds is 6. The zero-order chi connectivity index (χ0) is 18.2. The average molecular weight is 341 g/mol. The van der Waals surface area contributed by atoms with Crippen LogP contribution in [-0.2, 0) is 16.0 Å². The van der Waals surface area contributed by atoms with Crippen molar-refractivity contribution in [3.8, 4) is 5.75 Å². The minimum absolute atomic E-state index is 0.0797. The summed E-state index contributed by atoms with van der Waals surface area (Å²) in [5.74, 6) is -0.514. The van der Waals surface area contributed by atoms with E-state index in [0.717, 1.165) is 5.56 Å². The van der Waals surface area contributed by atoms with Crippen LogP contribution in [0.25, 0.3) is 0 Å². The minimum atomic E-state index is -0.658. The van der Waals surface area contributed by atoms with E-state index < -0.39 is 11.8 Å². The maximum absolute atomic E-state index is 12.2. The molecular weight excluding hydrogens is 318 g/mol. The fourth-order valence-electron chi connectivity index (χ4n) is 2.19. The Hall–Kier alpha value is -2.89. The fourth-order valence-corrected chi connectivity index (χ4v) is 2.19. The van der Waals surface area contributed by atoms with Crippen molar-refractivity contribution in [3.05, 3.63) is 54.4 Å². The summed E-state index contributed by atoms with van der Waals surface area (Å²) in [4.78, 5) is 29.6. The number of nitrogens with one attached hydrogen (secondary N) is 1. The lowest BCUT2D eigenvalue weighted by atomic mass is 10.2. The number of aromatic nitrogens is 1. The van der Waals surface area contributed by atoms with Crippen molar-refractivity contribution < 1.29 is 14.3 Å². The maximum Gasteiger partial charge on any atom is 0.313 e. The van der Waals surface area contributed by atoms with Gasteiger partial charge in [0.15, 0.2) is 0 Å². The van der Waals surface area contributed by atoms with Crippen LogP contribution in [0.5, 0.6) is 5.75 Å². The van der Waals surface area contributed by atoms with Gasteiger partial charge < -0.3 is 15.0 Å². The number of benzene rings is 1. The summed E-state index contributed by atoms with van der Waals surface area (Å²) >= 11 is 0. The van der Waals surface area contributed by atoms with E-state index in [0.29, 0.717) is 24.4 Å². The SMILES string of the molecule is CC(C)Oc1ccc(NC(=O)C(=O)N(C)CCc2ccncc2)cc1. The number of pyridine rings is 1. The Labute approximate surface area is 147 Å². The first-order valence-corrected chi connectivity index (χ1v) is 8.18. The molecule has 25 heavy (non-hydrogen) atoms. The maximum atomic E-state index is 12.2. The van der Waals surface area contributed by atoms with E-state index in [9.17, 15) is 9.59 Å². The van der Waals surface area contributed by atoms with Gasteiger partial charge in [-0.2, -0.15) is 0 Å². The summed E-state index contributed by atoms with van der Waals surface area (Å²) in [6.07, 6.45) is 4.16. The molecule has 2 rings (SSSR count). The lowest BCUT2D eigenvalue weighted by molar-refractivity contribution is -0.142. The van der Waals surface area contributed by atoms with Gasteiger partial charge in [0, 0.05) is 31.7 Å². The Morgan fingerprint density at radius 1 is 1.12 bits per heavy atom. The van der Waals surface area contributed by atoms with Gasteiger partial charge in [0.1, 0.15) is 5.75 Å². The van der Waals surface area contributed by atoms with Gasteiger partial charge in [-0.05, 0) is 62.2 Å². The van der Waals surface area contributed by atoms with Crippen LogP contribution in [0.4, 0.5) is 5.69 Å². The average Bonchev–Trinajstić information content (AvgIpc) is 2.61. The van der Waals surface area contributed by atoms with E-state index in [1.807, 2.05) is 26.0 Å². The van der Waals surface area contributed by atoms with Crippen LogP contribution >= 0.6 is 0 Å². The van der Waals surface area contributed by atoms with Crippen LogP contribution in [0.3, 0.4) is 0 Å². The molecule has 0 aliphatic carbocycles. The van der Waals surface area contributed by atoms with Crippen molar-refractivity contribution in [2.75, 3.05) is 18.9 Å². The smallest absolute Gasteiger partial charge is 0.313 e. The van der Waals surface area contributed by atoms with Crippen molar-refractivity contribution in [1.82, 2.24) is 9.88 Å². The third kappa shape index (κ3) is 5.91. The topological polar surface area (TPSA) is 71.5 Å². The van der Waals surface area contributed by atoms with Gasteiger partial charge in [0.25, 0.3) is 0 Å². The molecule has 2 aromatic rings. The number of anilines is 1. The molecule has 1 aromatic heterocycles. The van der Waals surface area contributed by atoms with Crippen molar-refractivity contribution >= 4 is 17.5 Å². The predicted molar refractivity (Wildman–Crippen MR) is 96.4 cm³/mol. The molecule has 2 amide bonds. The number of hydrogen-bond donors (Lipinski definition) is 1. The molecule has 0 saturated heterocycles. The molecule has 1 heterocycles. The lowest BCUT2D eigenvalue weighted by Gasteiger charge is -2.16. The highest BCUT2D eigenvalue weighted by Crippen LogP contribution is 2.17. The van der Waals surface area contributed by atoms with E-state index in [2.05, 4.69) is 10.3 Å². The van der Waals surface area contributed by atoms with Gasteiger partial charge in [-0.3, -0.25) is 14.6 Å².